The number of ether oxygens (including phenoxy) is 2. The number of hydrogen-bond acceptors (Lipinski definition) is 7. The smallest absolute Gasteiger partial charge is 0.192 e. The minimum absolute atomic E-state index is 0.0870. The second kappa shape index (κ2) is 9.05. The van der Waals surface area contributed by atoms with Crippen molar-refractivity contribution in [3.63, 3.8) is 0 Å². The summed E-state index contributed by atoms with van der Waals surface area (Å²) in [5.74, 6) is 1.42. The fourth-order valence-electron chi connectivity index (χ4n) is 4.00. The second-order valence-electron chi connectivity index (χ2n) is 7.88. The highest BCUT2D eigenvalue weighted by atomic mass is 19.1. The van der Waals surface area contributed by atoms with Gasteiger partial charge in [0.05, 0.1) is 25.8 Å². The maximum absolute atomic E-state index is 13.4. The highest BCUT2D eigenvalue weighted by Gasteiger charge is 2.19. The normalized spacial score (nSPS) is 11.6. The third-order valence-corrected chi connectivity index (χ3v) is 5.84. The van der Waals surface area contributed by atoms with Crippen molar-refractivity contribution < 1.29 is 18.7 Å². The summed E-state index contributed by atoms with van der Waals surface area (Å²) in [6.45, 7) is 4.10. The van der Waals surface area contributed by atoms with Crippen LogP contribution < -0.4 is 9.47 Å². The SMILES string of the molecule is COc1ccc(/C=N\OCc2nc3c4c(C)c(C)n(-c5ccc(F)cc5)c4ncn3n2)cc1OC. The van der Waals surface area contributed by atoms with Crippen LogP contribution in [0.25, 0.3) is 22.4 Å². The van der Waals surface area contributed by atoms with Gasteiger partial charge in [-0.1, -0.05) is 5.16 Å². The third kappa shape index (κ3) is 4.03. The van der Waals surface area contributed by atoms with Crippen LogP contribution in [0.3, 0.4) is 0 Å². The number of oxime groups is 1. The zero-order valence-corrected chi connectivity index (χ0v) is 19.7. The summed E-state index contributed by atoms with van der Waals surface area (Å²) in [6.07, 6.45) is 3.19. The van der Waals surface area contributed by atoms with Crippen molar-refractivity contribution in [1.29, 1.82) is 0 Å². The summed E-state index contributed by atoms with van der Waals surface area (Å²) >= 11 is 0. The van der Waals surface area contributed by atoms with Crippen LogP contribution in [0.1, 0.15) is 22.6 Å². The van der Waals surface area contributed by atoms with E-state index in [1.54, 1.807) is 55.5 Å². The first kappa shape index (κ1) is 22.3. The van der Waals surface area contributed by atoms with Crippen LogP contribution in [0, 0.1) is 19.7 Å². The van der Waals surface area contributed by atoms with Gasteiger partial charge in [-0.3, -0.25) is 4.57 Å². The van der Waals surface area contributed by atoms with E-state index in [9.17, 15) is 4.39 Å². The molecule has 0 amide bonds. The van der Waals surface area contributed by atoms with E-state index in [4.69, 9.17) is 14.3 Å². The molecular formula is C25H23FN6O3. The maximum atomic E-state index is 13.4. The van der Waals surface area contributed by atoms with Gasteiger partial charge in [0.1, 0.15) is 12.1 Å². The number of methoxy groups -OCH3 is 2. The van der Waals surface area contributed by atoms with Crippen molar-refractivity contribution in [2.24, 2.45) is 5.16 Å². The average Bonchev–Trinajstić information content (AvgIpc) is 3.40. The molecular weight excluding hydrogens is 451 g/mol. The maximum Gasteiger partial charge on any atom is 0.192 e. The number of hydrogen-bond donors (Lipinski definition) is 0. The average molecular weight is 474 g/mol. The van der Waals surface area contributed by atoms with Gasteiger partial charge in [-0.25, -0.2) is 18.9 Å². The molecule has 0 atom stereocenters. The predicted octanol–water partition coefficient (Wildman–Crippen LogP) is 4.39. The van der Waals surface area contributed by atoms with Gasteiger partial charge >= 0.3 is 0 Å². The molecule has 0 aliphatic carbocycles. The fraction of sp³-hybridized carbons (Fsp3) is 0.200. The minimum atomic E-state index is -0.286. The van der Waals surface area contributed by atoms with Crippen LogP contribution in [0.5, 0.6) is 11.5 Å². The van der Waals surface area contributed by atoms with E-state index in [0.29, 0.717) is 23.0 Å². The molecule has 0 saturated carbocycles. The molecule has 178 valence electrons. The van der Waals surface area contributed by atoms with Gasteiger partial charge in [0, 0.05) is 16.9 Å². The predicted molar refractivity (Wildman–Crippen MR) is 129 cm³/mol. The quantitative estimate of drug-likeness (QED) is 0.257. The summed E-state index contributed by atoms with van der Waals surface area (Å²) in [7, 11) is 3.16. The largest absolute Gasteiger partial charge is 0.493 e. The number of fused-ring (bicyclic) bond motifs is 3. The van der Waals surface area contributed by atoms with Crippen molar-refractivity contribution in [3.05, 3.63) is 77.3 Å². The Morgan fingerprint density at radius 3 is 2.51 bits per heavy atom. The lowest BCUT2D eigenvalue weighted by Crippen LogP contribution is -1.99. The summed E-state index contributed by atoms with van der Waals surface area (Å²) < 4.78 is 27.6. The lowest BCUT2D eigenvalue weighted by molar-refractivity contribution is 0.126. The zero-order valence-electron chi connectivity index (χ0n) is 19.7. The van der Waals surface area contributed by atoms with Crippen LogP contribution in [-0.4, -0.2) is 44.6 Å². The molecule has 2 aromatic carbocycles. The second-order valence-corrected chi connectivity index (χ2v) is 7.88. The number of aryl methyl sites for hydroxylation is 1. The molecule has 0 aliphatic heterocycles. The number of rotatable bonds is 7. The highest BCUT2D eigenvalue weighted by Crippen LogP contribution is 2.30. The van der Waals surface area contributed by atoms with E-state index in [-0.39, 0.29) is 12.4 Å². The van der Waals surface area contributed by atoms with Gasteiger partial charge in [0.15, 0.2) is 35.2 Å². The minimum Gasteiger partial charge on any atom is -0.493 e. The summed E-state index contributed by atoms with van der Waals surface area (Å²) in [5, 5.41) is 9.37. The Bertz CT molecular complexity index is 1560. The van der Waals surface area contributed by atoms with Crippen molar-refractivity contribution in [2.45, 2.75) is 20.5 Å². The highest BCUT2D eigenvalue weighted by molar-refractivity contribution is 5.95. The molecule has 0 unspecified atom stereocenters. The molecule has 0 spiro atoms. The van der Waals surface area contributed by atoms with E-state index in [0.717, 1.165) is 33.5 Å². The van der Waals surface area contributed by atoms with Gasteiger partial charge in [0.25, 0.3) is 0 Å². The van der Waals surface area contributed by atoms with E-state index >= 15 is 0 Å². The molecule has 3 heterocycles. The van der Waals surface area contributed by atoms with Crippen LogP contribution in [0.4, 0.5) is 4.39 Å². The monoisotopic (exact) mass is 474 g/mol. The Balaban J connectivity index is 1.41. The summed E-state index contributed by atoms with van der Waals surface area (Å²) in [5.41, 5.74) is 5.03. The van der Waals surface area contributed by atoms with Crippen LogP contribution in [0.15, 0.2) is 53.9 Å². The third-order valence-electron chi connectivity index (χ3n) is 5.84. The molecule has 3 aromatic heterocycles. The first-order valence-corrected chi connectivity index (χ1v) is 10.9. The van der Waals surface area contributed by atoms with Crippen LogP contribution >= 0.6 is 0 Å². The Hall–Kier alpha value is -4.47. The number of benzene rings is 2. The molecule has 10 heteroatoms. The summed E-state index contributed by atoms with van der Waals surface area (Å²) in [6, 6.07) is 11.8. The number of halogens is 1. The van der Waals surface area contributed by atoms with Crippen LogP contribution in [-0.2, 0) is 11.4 Å². The lowest BCUT2D eigenvalue weighted by atomic mass is 10.2. The Kier molecular flexibility index (Phi) is 5.77. The van der Waals surface area contributed by atoms with Gasteiger partial charge in [-0.2, -0.15) is 0 Å². The Morgan fingerprint density at radius 2 is 1.77 bits per heavy atom. The molecule has 0 bridgehead atoms. The number of aromatic nitrogens is 5. The molecule has 35 heavy (non-hydrogen) atoms. The standard InChI is InChI=1S/C25H23FN6O3/c1-15-16(2)32(19-8-6-18(26)7-9-19)24-23(15)25-29-22(30-31(25)14-27-24)13-35-28-12-17-5-10-20(33-3)21(11-17)34-4/h5-12,14H,13H2,1-4H3/b28-12-. The Morgan fingerprint density at radius 1 is 1.00 bits per heavy atom. The molecule has 9 nitrogen and oxygen atoms in total. The van der Waals surface area contributed by atoms with E-state index < -0.39 is 0 Å². The topological polar surface area (TPSA) is 88.1 Å². The van der Waals surface area contributed by atoms with Crippen molar-refractivity contribution in [3.8, 4) is 17.2 Å². The molecule has 5 aromatic rings. The number of nitrogens with zero attached hydrogens (tertiary/aromatic N) is 6. The van der Waals surface area contributed by atoms with Crippen LogP contribution in [0.2, 0.25) is 0 Å². The van der Waals surface area contributed by atoms with Gasteiger partial charge in [-0.15, -0.1) is 5.10 Å². The Labute approximate surface area is 200 Å². The molecule has 5 rings (SSSR count). The van der Waals surface area contributed by atoms with E-state index in [1.165, 1.54) is 12.1 Å². The summed E-state index contributed by atoms with van der Waals surface area (Å²) in [4.78, 5) is 14.7. The first-order valence-electron chi connectivity index (χ1n) is 10.9. The van der Waals surface area contributed by atoms with Gasteiger partial charge < -0.3 is 14.3 Å². The van der Waals surface area contributed by atoms with E-state index in [1.807, 2.05) is 24.5 Å². The van der Waals surface area contributed by atoms with E-state index in [2.05, 4.69) is 20.2 Å². The lowest BCUT2D eigenvalue weighted by Gasteiger charge is -2.07. The molecule has 0 aliphatic rings. The first-order chi connectivity index (χ1) is 17.0. The van der Waals surface area contributed by atoms with Gasteiger partial charge in [-0.05, 0) is 61.9 Å². The molecule has 0 fully saturated rings. The van der Waals surface area contributed by atoms with Crippen molar-refractivity contribution >= 4 is 22.9 Å². The fourth-order valence-corrected chi connectivity index (χ4v) is 4.00. The molecule has 0 radical (unpaired) electrons. The molecule has 0 N–H and O–H groups in total. The van der Waals surface area contributed by atoms with Gasteiger partial charge in [0.2, 0.25) is 0 Å². The zero-order chi connectivity index (χ0) is 24.5. The molecule has 0 saturated heterocycles. The van der Waals surface area contributed by atoms with Crippen molar-refractivity contribution in [1.82, 2.24) is 24.1 Å². The van der Waals surface area contributed by atoms with Crippen molar-refractivity contribution in [2.75, 3.05) is 14.2 Å².